The fourth-order valence-electron chi connectivity index (χ4n) is 5.28. The van der Waals surface area contributed by atoms with Gasteiger partial charge < -0.3 is 14.9 Å². The van der Waals surface area contributed by atoms with E-state index in [-0.39, 0.29) is 11.8 Å². The predicted octanol–water partition coefficient (Wildman–Crippen LogP) is 6.01. The third-order valence-electron chi connectivity index (χ3n) is 7.43. The molecule has 1 aromatic heterocycles. The molecule has 5 rings (SSSR count). The molecule has 1 aliphatic heterocycles. The van der Waals surface area contributed by atoms with Gasteiger partial charge in [0.05, 0.1) is 22.5 Å². The molecule has 0 radical (unpaired) electrons. The number of anilines is 1. The number of aliphatic imine (C=N–C) groups is 1. The van der Waals surface area contributed by atoms with Crippen molar-refractivity contribution in [1.29, 1.82) is 0 Å². The van der Waals surface area contributed by atoms with Gasteiger partial charge in [-0.1, -0.05) is 42.5 Å². The summed E-state index contributed by atoms with van der Waals surface area (Å²) in [6.07, 6.45) is 2.31. The first-order chi connectivity index (χ1) is 17.8. The number of hydrogen-bond donors (Lipinski definition) is 1. The number of hydrogen-bond acceptors (Lipinski definition) is 5. The van der Waals surface area contributed by atoms with Crippen molar-refractivity contribution in [3.05, 3.63) is 89.5 Å². The number of aromatic hydroxyl groups is 1. The van der Waals surface area contributed by atoms with Crippen molar-refractivity contribution in [2.45, 2.75) is 32.7 Å². The molecule has 0 aliphatic carbocycles. The van der Waals surface area contributed by atoms with E-state index in [2.05, 4.69) is 36.0 Å². The highest BCUT2D eigenvalue weighted by molar-refractivity contribution is 6.23. The van der Waals surface area contributed by atoms with Crippen LogP contribution in [0.5, 0.6) is 5.88 Å². The molecule has 2 heterocycles. The van der Waals surface area contributed by atoms with E-state index in [9.17, 15) is 9.90 Å². The standard InChI is InChI=1S/C31H34N4O2/c1-21-10-15-27-28(20-21)35(22(2)36)31(37)29(27)30(23-8-6-5-7-9-23)32-24-11-13-25(14-12-24)34(4)26-16-18-33(3)19-17-26/h5-15,20,26,37H,16-19H2,1-4H3. The van der Waals surface area contributed by atoms with Gasteiger partial charge in [-0.25, -0.2) is 4.99 Å². The molecule has 1 aliphatic rings. The summed E-state index contributed by atoms with van der Waals surface area (Å²) in [5, 5.41) is 12.1. The van der Waals surface area contributed by atoms with Crippen molar-refractivity contribution in [2.24, 2.45) is 4.99 Å². The quantitative estimate of drug-likeness (QED) is 0.345. The van der Waals surface area contributed by atoms with E-state index in [4.69, 9.17) is 4.99 Å². The third-order valence-corrected chi connectivity index (χ3v) is 7.43. The van der Waals surface area contributed by atoms with Gasteiger partial charge in [0.1, 0.15) is 0 Å². The molecule has 0 bridgehead atoms. The number of carbonyl (C=O) groups excluding carboxylic acids is 1. The lowest BCUT2D eigenvalue weighted by molar-refractivity contribution is 0.0933. The summed E-state index contributed by atoms with van der Waals surface area (Å²) in [5.41, 5.74) is 5.71. The van der Waals surface area contributed by atoms with Crippen LogP contribution in [0.4, 0.5) is 11.4 Å². The molecule has 1 N–H and O–H groups in total. The van der Waals surface area contributed by atoms with E-state index in [0.717, 1.165) is 48.1 Å². The first-order valence-corrected chi connectivity index (χ1v) is 12.8. The van der Waals surface area contributed by atoms with E-state index in [1.54, 1.807) is 0 Å². The van der Waals surface area contributed by atoms with Gasteiger partial charge in [0.15, 0.2) is 0 Å². The first kappa shape index (κ1) is 24.8. The fourth-order valence-corrected chi connectivity index (χ4v) is 5.28. The molecule has 0 saturated carbocycles. The van der Waals surface area contributed by atoms with E-state index in [1.807, 2.05) is 67.6 Å². The molecule has 0 amide bonds. The van der Waals surface area contributed by atoms with Crippen LogP contribution in [0, 0.1) is 6.92 Å². The number of fused-ring (bicyclic) bond motifs is 1. The summed E-state index contributed by atoms with van der Waals surface area (Å²) in [6, 6.07) is 24.5. The average molecular weight is 495 g/mol. The average Bonchev–Trinajstić information content (AvgIpc) is 3.19. The number of piperidine rings is 1. The highest BCUT2D eigenvalue weighted by Gasteiger charge is 2.24. The van der Waals surface area contributed by atoms with Gasteiger partial charge in [0, 0.05) is 36.7 Å². The minimum atomic E-state index is -0.243. The number of carbonyl (C=O) groups is 1. The van der Waals surface area contributed by atoms with Crippen molar-refractivity contribution in [1.82, 2.24) is 9.47 Å². The zero-order valence-corrected chi connectivity index (χ0v) is 22.0. The number of aryl methyl sites for hydroxylation is 1. The SMILES string of the molecule is CC(=O)n1c(O)c(C(=Nc2ccc(N(C)C3CCN(C)CC3)cc2)c2ccccc2)c2ccc(C)cc21. The summed E-state index contributed by atoms with van der Waals surface area (Å²) in [7, 11) is 4.35. The van der Waals surface area contributed by atoms with Gasteiger partial charge >= 0.3 is 0 Å². The molecular formula is C31H34N4O2. The van der Waals surface area contributed by atoms with Crippen LogP contribution < -0.4 is 4.90 Å². The molecule has 6 nitrogen and oxygen atoms in total. The zero-order chi connectivity index (χ0) is 26.1. The Bertz CT molecular complexity index is 1450. The Balaban J connectivity index is 1.59. The number of likely N-dealkylation sites (tertiary alicyclic amines) is 1. The van der Waals surface area contributed by atoms with Crippen molar-refractivity contribution in [3.8, 4) is 5.88 Å². The molecule has 0 unspecified atom stereocenters. The second-order valence-corrected chi connectivity index (χ2v) is 10.1. The van der Waals surface area contributed by atoms with Gasteiger partial charge in [0.25, 0.3) is 0 Å². The molecular weight excluding hydrogens is 460 g/mol. The van der Waals surface area contributed by atoms with Crippen molar-refractivity contribution in [3.63, 3.8) is 0 Å². The number of rotatable bonds is 5. The Morgan fingerprint density at radius 1 is 1.00 bits per heavy atom. The van der Waals surface area contributed by atoms with E-state index in [1.165, 1.54) is 17.2 Å². The van der Waals surface area contributed by atoms with Crippen LogP contribution in [-0.2, 0) is 0 Å². The molecule has 1 fully saturated rings. The minimum absolute atomic E-state index is 0.0886. The van der Waals surface area contributed by atoms with Crippen LogP contribution in [0.1, 0.15) is 41.3 Å². The molecule has 6 heteroatoms. The largest absolute Gasteiger partial charge is 0.494 e. The summed E-state index contributed by atoms with van der Waals surface area (Å²) in [6.45, 7) is 5.68. The van der Waals surface area contributed by atoms with Crippen LogP contribution >= 0.6 is 0 Å². The molecule has 37 heavy (non-hydrogen) atoms. The topological polar surface area (TPSA) is 61.1 Å². The van der Waals surface area contributed by atoms with Crippen molar-refractivity contribution < 1.29 is 9.90 Å². The van der Waals surface area contributed by atoms with E-state index < -0.39 is 0 Å². The normalized spacial score (nSPS) is 15.3. The highest BCUT2D eigenvalue weighted by atomic mass is 16.3. The Morgan fingerprint density at radius 2 is 1.68 bits per heavy atom. The van der Waals surface area contributed by atoms with E-state index in [0.29, 0.717) is 22.8 Å². The van der Waals surface area contributed by atoms with Gasteiger partial charge in [-0.05, 0) is 75.8 Å². The number of benzene rings is 3. The number of nitrogens with zero attached hydrogens (tertiary/aromatic N) is 4. The Kier molecular flexibility index (Phi) is 6.85. The summed E-state index contributed by atoms with van der Waals surface area (Å²) in [4.78, 5) is 22.3. The van der Waals surface area contributed by atoms with Crippen LogP contribution in [0.15, 0.2) is 77.8 Å². The maximum atomic E-state index is 12.5. The maximum absolute atomic E-state index is 12.5. The summed E-state index contributed by atoms with van der Waals surface area (Å²) in [5.74, 6) is -0.331. The summed E-state index contributed by atoms with van der Waals surface area (Å²) >= 11 is 0. The lowest BCUT2D eigenvalue weighted by Crippen LogP contribution is -2.41. The van der Waals surface area contributed by atoms with Crippen LogP contribution in [0.25, 0.3) is 10.9 Å². The van der Waals surface area contributed by atoms with Gasteiger partial charge in [-0.15, -0.1) is 0 Å². The molecule has 1 saturated heterocycles. The monoisotopic (exact) mass is 494 g/mol. The van der Waals surface area contributed by atoms with Gasteiger partial charge in [0.2, 0.25) is 11.8 Å². The van der Waals surface area contributed by atoms with Crippen LogP contribution in [0.3, 0.4) is 0 Å². The second kappa shape index (κ2) is 10.2. The maximum Gasteiger partial charge on any atom is 0.230 e. The Morgan fingerprint density at radius 3 is 2.32 bits per heavy atom. The zero-order valence-electron chi connectivity index (χ0n) is 22.0. The lowest BCUT2D eigenvalue weighted by atomic mass is 10.00. The van der Waals surface area contributed by atoms with Gasteiger partial charge in [-0.2, -0.15) is 0 Å². The smallest absolute Gasteiger partial charge is 0.230 e. The number of aromatic nitrogens is 1. The molecule has 0 spiro atoms. The fraction of sp³-hybridized carbons (Fsp3) is 0.290. The first-order valence-electron chi connectivity index (χ1n) is 12.8. The Labute approximate surface area is 218 Å². The molecule has 3 aromatic carbocycles. The van der Waals surface area contributed by atoms with Crippen molar-refractivity contribution >= 4 is 33.9 Å². The van der Waals surface area contributed by atoms with E-state index >= 15 is 0 Å². The minimum Gasteiger partial charge on any atom is -0.494 e. The molecule has 190 valence electrons. The predicted molar refractivity (Wildman–Crippen MR) is 152 cm³/mol. The Hall–Kier alpha value is -3.90. The third kappa shape index (κ3) is 4.89. The lowest BCUT2D eigenvalue weighted by Gasteiger charge is -2.36. The molecule has 4 aromatic rings. The highest BCUT2D eigenvalue weighted by Crippen LogP contribution is 2.35. The van der Waals surface area contributed by atoms with Gasteiger partial charge in [-0.3, -0.25) is 9.36 Å². The van der Waals surface area contributed by atoms with Crippen molar-refractivity contribution in [2.75, 3.05) is 32.1 Å². The summed E-state index contributed by atoms with van der Waals surface area (Å²) < 4.78 is 1.37. The molecule has 0 atom stereocenters. The van der Waals surface area contributed by atoms with Crippen LogP contribution in [-0.4, -0.2) is 59.4 Å². The van der Waals surface area contributed by atoms with Crippen LogP contribution in [0.2, 0.25) is 0 Å². The second-order valence-electron chi connectivity index (χ2n) is 10.1.